The molecule has 0 bridgehead atoms. The third-order valence-electron chi connectivity index (χ3n) is 3.03. The van der Waals surface area contributed by atoms with Crippen molar-refractivity contribution in [2.75, 3.05) is 6.79 Å². The summed E-state index contributed by atoms with van der Waals surface area (Å²) in [5, 5.41) is 3.34. The maximum absolute atomic E-state index is 12.1. The van der Waals surface area contributed by atoms with Crippen LogP contribution in [0.25, 0.3) is 0 Å². The van der Waals surface area contributed by atoms with Crippen LogP contribution in [0.2, 0.25) is 5.02 Å². The molecular weight excluding hydrogens is 254 g/mol. The van der Waals surface area contributed by atoms with Crippen LogP contribution < -0.4 is 14.8 Å². The zero-order chi connectivity index (χ0) is 13.3. The topological polar surface area (TPSA) is 47.6 Å². The molecule has 1 aromatic carbocycles. The second kappa shape index (κ2) is 4.69. The lowest BCUT2D eigenvalue weighted by Crippen LogP contribution is -2.42. The minimum absolute atomic E-state index is 0.139. The number of rotatable bonds is 3. The maximum Gasteiger partial charge on any atom is 0.251 e. The Balaban J connectivity index is 2.24. The van der Waals surface area contributed by atoms with Gasteiger partial charge in [-0.2, -0.15) is 0 Å². The zero-order valence-corrected chi connectivity index (χ0v) is 11.4. The lowest BCUT2D eigenvalue weighted by Gasteiger charge is -2.24. The van der Waals surface area contributed by atoms with Crippen molar-refractivity contribution >= 4 is 17.5 Å². The SMILES string of the molecule is CCC(C)(C)NC(=O)c1cc(Cl)c2c(c1)OCO2. The fourth-order valence-electron chi connectivity index (χ4n) is 1.57. The van der Waals surface area contributed by atoms with Crippen molar-refractivity contribution < 1.29 is 14.3 Å². The summed E-state index contributed by atoms with van der Waals surface area (Å²) in [4.78, 5) is 12.1. The number of hydrogen-bond donors (Lipinski definition) is 1. The third kappa shape index (κ3) is 2.53. The van der Waals surface area contributed by atoms with Crippen LogP contribution in [0.5, 0.6) is 11.5 Å². The number of benzene rings is 1. The highest BCUT2D eigenvalue weighted by Crippen LogP contribution is 2.39. The van der Waals surface area contributed by atoms with E-state index in [9.17, 15) is 4.79 Å². The van der Waals surface area contributed by atoms with E-state index in [0.29, 0.717) is 22.1 Å². The van der Waals surface area contributed by atoms with E-state index in [1.165, 1.54) is 0 Å². The van der Waals surface area contributed by atoms with Crippen LogP contribution in [-0.2, 0) is 0 Å². The van der Waals surface area contributed by atoms with Crippen LogP contribution in [0.4, 0.5) is 0 Å². The molecule has 1 heterocycles. The van der Waals surface area contributed by atoms with E-state index in [2.05, 4.69) is 5.32 Å². The second-order valence-electron chi connectivity index (χ2n) is 4.88. The molecule has 1 N–H and O–H groups in total. The largest absolute Gasteiger partial charge is 0.454 e. The number of halogens is 1. The van der Waals surface area contributed by atoms with E-state index >= 15 is 0 Å². The Kier molecular flexibility index (Phi) is 3.39. The van der Waals surface area contributed by atoms with Gasteiger partial charge in [-0.15, -0.1) is 0 Å². The summed E-state index contributed by atoms with van der Waals surface area (Å²) in [5.74, 6) is 0.854. The number of carbonyl (C=O) groups excluding carboxylic acids is 1. The van der Waals surface area contributed by atoms with Gasteiger partial charge in [0.25, 0.3) is 5.91 Å². The predicted octanol–water partition coefficient (Wildman–Crippen LogP) is 2.99. The molecule has 2 rings (SSSR count). The molecule has 18 heavy (non-hydrogen) atoms. The van der Waals surface area contributed by atoms with Crippen LogP contribution in [0.1, 0.15) is 37.6 Å². The van der Waals surface area contributed by atoms with Crippen LogP contribution in [0.15, 0.2) is 12.1 Å². The number of hydrogen-bond acceptors (Lipinski definition) is 3. The van der Waals surface area contributed by atoms with E-state index in [-0.39, 0.29) is 18.2 Å². The average molecular weight is 270 g/mol. The van der Waals surface area contributed by atoms with Crippen molar-refractivity contribution in [2.45, 2.75) is 32.7 Å². The molecule has 1 aromatic rings. The predicted molar refractivity (Wildman–Crippen MR) is 69.4 cm³/mol. The molecule has 1 amide bonds. The molecule has 1 aliphatic rings. The fourth-order valence-corrected chi connectivity index (χ4v) is 1.83. The number of nitrogens with one attached hydrogen (secondary N) is 1. The van der Waals surface area contributed by atoms with Crippen LogP contribution in [0, 0.1) is 0 Å². The molecule has 4 nitrogen and oxygen atoms in total. The summed E-state index contributed by atoms with van der Waals surface area (Å²) >= 11 is 6.04. The second-order valence-corrected chi connectivity index (χ2v) is 5.29. The molecule has 0 spiro atoms. The van der Waals surface area contributed by atoms with Gasteiger partial charge in [-0.1, -0.05) is 18.5 Å². The molecule has 0 saturated carbocycles. The first-order valence-electron chi connectivity index (χ1n) is 5.84. The van der Waals surface area contributed by atoms with Crippen molar-refractivity contribution in [2.24, 2.45) is 0 Å². The van der Waals surface area contributed by atoms with Gasteiger partial charge in [0.15, 0.2) is 11.5 Å². The van der Waals surface area contributed by atoms with E-state index in [4.69, 9.17) is 21.1 Å². The molecule has 0 unspecified atom stereocenters. The molecule has 0 radical (unpaired) electrons. The van der Waals surface area contributed by atoms with Gasteiger partial charge in [-0.05, 0) is 32.4 Å². The molecule has 0 aromatic heterocycles. The van der Waals surface area contributed by atoms with Crippen molar-refractivity contribution in [1.82, 2.24) is 5.32 Å². The highest BCUT2D eigenvalue weighted by atomic mass is 35.5. The quantitative estimate of drug-likeness (QED) is 0.918. The Hall–Kier alpha value is -1.42. The molecule has 0 fully saturated rings. The standard InChI is InChI=1S/C13H16ClNO3/c1-4-13(2,3)15-12(16)8-5-9(14)11-10(6-8)17-7-18-11/h5-6H,4,7H2,1-3H3,(H,15,16). The summed E-state index contributed by atoms with van der Waals surface area (Å²) in [7, 11) is 0. The molecular formula is C13H16ClNO3. The number of amides is 1. The third-order valence-corrected chi connectivity index (χ3v) is 3.31. The minimum Gasteiger partial charge on any atom is -0.454 e. The van der Waals surface area contributed by atoms with Gasteiger partial charge in [0.2, 0.25) is 6.79 Å². The van der Waals surface area contributed by atoms with Crippen LogP contribution in [-0.4, -0.2) is 18.2 Å². The Morgan fingerprint density at radius 1 is 1.44 bits per heavy atom. The highest BCUT2D eigenvalue weighted by Gasteiger charge is 2.23. The van der Waals surface area contributed by atoms with E-state index < -0.39 is 0 Å². The Morgan fingerprint density at radius 2 is 2.17 bits per heavy atom. The molecule has 0 aliphatic carbocycles. The average Bonchev–Trinajstić information content (AvgIpc) is 2.77. The van der Waals surface area contributed by atoms with Gasteiger partial charge >= 0.3 is 0 Å². The summed E-state index contributed by atoms with van der Waals surface area (Å²) in [6.45, 7) is 6.10. The van der Waals surface area contributed by atoms with E-state index in [1.807, 2.05) is 20.8 Å². The van der Waals surface area contributed by atoms with Gasteiger partial charge in [0.05, 0.1) is 5.02 Å². The summed E-state index contributed by atoms with van der Waals surface area (Å²) < 4.78 is 10.4. The number of carbonyl (C=O) groups is 1. The van der Waals surface area contributed by atoms with E-state index in [1.54, 1.807) is 12.1 Å². The minimum atomic E-state index is -0.250. The fraction of sp³-hybridized carbons (Fsp3) is 0.462. The molecule has 98 valence electrons. The van der Waals surface area contributed by atoms with Gasteiger partial charge in [0, 0.05) is 11.1 Å². The van der Waals surface area contributed by atoms with Gasteiger partial charge in [0.1, 0.15) is 0 Å². The number of ether oxygens (including phenoxy) is 2. The molecule has 5 heteroatoms. The molecule has 0 atom stereocenters. The Labute approximate surface area is 111 Å². The molecule has 0 saturated heterocycles. The summed E-state index contributed by atoms with van der Waals surface area (Å²) in [6.07, 6.45) is 0.844. The highest BCUT2D eigenvalue weighted by molar-refractivity contribution is 6.32. The van der Waals surface area contributed by atoms with Crippen molar-refractivity contribution in [3.63, 3.8) is 0 Å². The first-order chi connectivity index (χ1) is 8.43. The van der Waals surface area contributed by atoms with E-state index in [0.717, 1.165) is 6.42 Å². The Morgan fingerprint density at radius 3 is 2.83 bits per heavy atom. The smallest absolute Gasteiger partial charge is 0.251 e. The number of fused-ring (bicyclic) bond motifs is 1. The van der Waals surface area contributed by atoms with Gasteiger partial charge in [-0.3, -0.25) is 4.79 Å². The van der Waals surface area contributed by atoms with Gasteiger partial charge < -0.3 is 14.8 Å². The van der Waals surface area contributed by atoms with Crippen LogP contribution in [0.3, 0.4) is 0 Å². The van der Waals surface area contributed by atoms with Crippen molar-refractivity contribution in [3.05, 3.63) is 22.7 Å². The zero-order valence-electron chi connectivity index (χ0n) is 10.7. The normalized spacial score (nSPS) is 13.6. The summed E-state index contributed by atoms with van der Waals surface area (Å²) in [6, 6.07) is 3.24. The monoisotopic (exact) mass is 269 g/mol. The molecule has 1 aliphatic heterocycles. The Bertz CT molecular complexity index is 485. The summed E-state index contributed by atoms with van der Waals surface area (Å²) in [5.41, 5.74) is 0.228. The lowest BCUT2D eigenvalue weighted by molar-refractivity contribution is 0.0911. The van der Waals surface area contributed by atoms with Crippen LogP contribution >= 0.6 is 11.6 Å². The first-order valence-corrected chi connectivity index (χ1v) is 6.22. The van der Waals surface area contributed by atoms with Crippen molar-refractivity contribution in [1.29, 1.82) is 0 Å². The van der Waals surface area contributed by atoms with Gasteiger partial charge in [-0.25, -0.2) is 0 Å². The van der Waals surface area contributed by atoms with Crippen molar-refractivity contribution in [3.8, 4) is 11.5 Å². The lowest BCUT2D eigenvalue weighted by atomic mass is 10.0. The first kappa shape index (κ1) is 13.0. The maximum atomic E-state index is 12.1.